The summed E-state index contributed by atoms with van der Waals surface area (Å²) >= 11 is 0. The third-order valence-electron chi connectivity index (χ3n) is 1.97. The molecule has 0 amide bonds. The molecule has 2 N–H and O–H groups in total. The maximum atomic E-state index is 9.10. The molecule has 0 saturated carbocycles. The second-order valence-corrected chi connectivity index (χ2v) is 2.91. The van der Waals surface area contributed by atoms with Gasteiger partial charge in [0.1, 0.15) is 5.75 Å². The van der Waals surface area contributed by atoms with Crippen molar-refractivity contribution in [3.05, 3.63) is 54.6 Å². The molecule has 0 unspecified atom stereocenters. The zero-order valence-electron chi connectivity index (χ0n) is 8.59. The van der Waals surface area contributed by atoms with Gasteiger partial charge in [0.05, 0.1) is 0 Å². The average Bonchev–Trinajstić information content (AvgIpc) is 2.34. The molecule has 15 heavy (non-hydrogen) atoms. The molecule has 0 bridgehead atoms. The molecule has 0 aliphatic heterocycles. The van der Waals surface area contributed by atoms with Crippen molar-refractivity contribution < 1.29 is 10.2 Å². The standard InChI is InChI=1S/C12H10O.CH4O/c13-12-8-6-11(7-9-12)10-4-2-1-3-5-10;1-2/h1-9,13H;2H,1H3. The zero-order valence-corrected chi connectivity index (χ0v) is 8.59. The van der Waals surface area contributed by atoms with Crippen LogP contribution in [0.2, 0.25) is 0 Å². The normalized spacial score (nSPS) is 8.93. The number of aromatic hydroxyl groups is 1. The smallest absolute Gasteiger partial charge is 0.115 e. The lowest BCUT2D eigenvalue weighted by atomic mass is 10.1. The van der Waals surface area contributed by atoms with Crippen LogP contribution in [0.4, 0.5) is 0 Å². The van der Waals surface area contributed by atoms with Crippen molar-refractivity contribution in [1.29, 1.82) is 0 Å². The first kappa shape index (κ1) is 11.3. The Morgan fingerprint density at radius 2 is 1.13 bits per heavy atom. The largest absolute Gasteiger partial charge is 0.508 e. The summed E-state index contributed by atoms with van der Waals surface area (Å²) in [7, 11) is 1.00. The van der Waals surface area contributed by atoms with Gasteiger partial charge in [-0.3, -0.25) is 0 Å². The molecule has 0 heterocycles. The number of hydrogen-bond acceptors (Lipinski definition) is 2. The van der Waals surface area contributed by atoms with Crippen LogP contribution in [0.3, 0.4) is 0 Å². The Morgan fingerprint density at radius 3 is 1.67 bits per heavy atom. The molecule has 0 radical (unpaired) electrons. The maximum absolute atomic E-state index is 9.10. The quantitative estimate of drug-likeness (QED) is 0.746. The molecule has 2 aromatic carbocycles. The number of hydrogen-bond donors (Lipinski definition) is 2. The first-order valence-corrected chi connectivity index (χ1v) is 4.65. The number of aliphatic hydroxyl groups excluding tert-OH is 1. The first-order valence-electron chi connectivity index (χ1n) is 4.65. The van der Waals surface area contributed by atoms with Gasteiger partial charge in [-0.1, -0.05) is 42.5 Å². The Hall–Kier alpha value is -1.80. The summed E-state index contributed by atoms with van der Waals surface area (Å²) < 4.78 is 0. The lowest BCUT2D eigenvalue weighted by Crippen LogP contribution is -1.74. The van der Waals surface area contributed by atoms with E-state index in [2.05, 4.69) is 0 Å². The van der Waals surface area contributed by atoms with Gasteiger partial charge in [0.15, 0.2) is 0 Å². The van der Waals surface area contributed by atoms with E-state index in [1.165, 1.54) is 5.56 Å². The van der Waals surface area contributed by atoms with Crippen LogP contribution in [0.15, 0.2) is 54.6 Å². The second-order valence-electron chi connectivity index (χ2n) is 2.91. The van der Waals surface area contributed by atoms with E-state index in [9.17, 15) is 0 Å². The Bertz CT molecular complexity index is 379. The summed E-state index contributed by atoms with van der Waals surface area (Å²) in [5, 5.41) is 16.1. The Morgan fingerprint density at radius 1 is 0.667 bits per heavy atom. The number of phenols is 1. The van der Waals surface area contributed by atoms with Gasteiger partial charge >= 0.3 is 0 Å². The van der Waals surface area contributed by atoms with Gasteiger partial charge in [-0.25, -0.2) is 0 Å². The van der Waals surface area contributed by atoms with Crippen molar-refractivity contribution in [1.82, 2.24) is 0 Å². The number of aliphatic hydroxyl groups is 1. The monoisotopic (exact) mass is 202 g/mol. The number of benzene rings is 2. The van der Waals surface area contributed by atoms with E-state index in [1.807, 2.05) is 42.5 Å². The fourth-order valence-electron chi connectivity index (χ4n) is 1.28. The zero-order chi connectivity index (χ0) is 11.1. The van der Waals surface area contributed by atoms with Crippen molar-refractivity contribution in [3.63, 3.8) is 0 Å². The first-order chi connectivity index (χ1) is 7.36. The molecule has 0 aliphatic carbocycles. The minimum absolute atomic E-state index is 0.305. The molecule has 2 nitrogen and oxygen atoms in total. The van der Waals surface area contributed by atoms with Crippen LogP contribution >= 0.6 is 0 Å². The van der Waals surface area contributed by atoms with Crippen molar-refractivity contribution in [2.75, 3.05) is 7.11 Å². The van der Waals surface area contributed by atoms with Gasteiger partial charge in [0, 0.05) is 7.11 Å². The second kappa shape index (κ2) is 5.83. The molecule has 0 aromatic heterocycles. The fourth-order valence-corrected chi connectivity index (χ4v) is 1.28. The molecular weight excluding hydrogens is 188 g/mol. The molecule has 2 aromatic rings. The van der Waals surface area contributed by atoms with E-state index in [4.69, 9.17) is 10.2 Å². The minimum atomic E-state index is 0.305. The van der Waals surface area contributed by atoms with Gasteiger partial charge in [0.2, 0.25) is 0 Å². The SMILES string of the molecule is CO.Oc1ccc(-c2ccccc2)cc1. The lowest BCUT2D eigenvalue weighted by molar-refractivity contribution is 0.399. The van der Waals surface area contributed by atoms with E-state index in [0.717, 1.165) is 12.7 Å². The lowest BCUT2D eigenvalue weighted by Gasteiger charge is -2.00. The van der Waals surface area contributed by atoms with Gasteiger partial charge < -0.3 is 10.2 Å². The topological polar surface area (TPSA) is 40.5 Å². The van der Waals surface area contributed by atoms with E-state index < -0.39 is 0 Å². The molecule has 0 atom stereocenters. The summed E-state index contributed by atoms with van der Waals surface area (Å²) in [4.78, 5) is 0. The summed E-state index contributed by atoms with van der Waals surface area (Å²) in [6.07, 6.45) is 0. The highest BCUT2D eigenvalue weighted by atomic mass is 16.3. The van der Waals surface area contributed by atoms with Gasteiger partial charge in [-0.15, -0.1) is 0 Å². The van der Waals surface area contributed by atoms with Crippen LogP contribution in [-0.2, 0) is 0 Å². The van der Waals surface area contributed by atoms with Crippen LogP contribution in [0, 0.1) is 0 Å². The molecule has 2 rings (SSSR count). The summed E-state index contributed by atoms with van der Waals surface area (Å²) in [6, 6.07) is 17.3. The third kappa shape index (κ3) is 3.11. The highest BCUT2D eigenvalue weighted by Gasteiger charge is 1.94. The molecular formula is C13H14O2. The van der Waals surface area contributed by atoms with Crippen LogP contribution in [0.1, 0.15) is 0 Å². The Balaban J connectivity index is 0.000000531. The molecule has 0 saturated heterocycles. The van der Waals surface area contributed by atoms with Gasteiger partial charge in [0.25, 0.3) is 0 Å². The van der Waals surface area contributed by atoms with Crippen molar-refractivity contribution in [2.24, 2.45) is 0 Å². The van der Waals surface area contributed by atoms with Crippen LogP contribution in [-0.4, -0.2) is 17.3 Å². The Labute approximate surface area is 89.4 Å². The molecule has 78 valence electrons. The van der Waals surface area contributed by atoms with Crippen molar-refractivity contribution in [2.45, 2.75) is 0 Å². The minimum Gasteiger partial charge on any atom is -0.508 e. The third-order valence-corrected chi connectivity index (χ3v) is 1.97. The number of rotatable bonds is 1. The molecule has 0 spiro atoms. The van der Waals surface area contributed by atoms with E-state index >= 15 is 0 Å². The van der Waals surface area contributed by atoms with Crippen LogP contribution in [0.25, 0.3) is 11.1 Å². The van der Waals surface area contributed by atoms with Gasteiger partial charge in [-0.05, 0) is 23.3 Å². The summed E-state index contributed by atoms with van der Waals surface area (Å²) in [5.74, 6) is 0.305. The summed E-state index contributed by atoms with van der Waals surface area (Å²) in [6.45, 7) is 0. The predicted molar refractivity (Wildman–Crippen MR) is 61.7 cm³/mol. The molecule has 0 fully saturated rings. The fraction of sp³-hybridized carbons (Fsp3) is 0.0769. The molecule has 0 aliphatic rings. The number of phenolic OH excluding ortho intramolecular Hbond substituents is 1. The van der Waals surface area contributed by atoms with E-state index in [-0.39, 0.29) is 0 Å². The van der Waals surface area contributed by atoms with Crippen LogP contribution < -0.4 is 0 Å². The highest BCUT2D eigenvalue weighted by Crippen LogP contribution is 2.20. The van der Waals surface area contributed by atoms with E-state index in [1.54, 1.807) is 12.1 Å². The average molecular weight is 202 g/mol. The van der Waals surface area contributed by atoms with E-state index in [0.29, 0.717) is 5.75 Å². The highest BCUT2D eigenvalue weighted by molar-refractivity contribution is 5.63. The Kier molecular flexibility index (Phi) is 4.38. The van der Waals surface area contributed by atoms with Crippen molar-refractivity contribution in [3.8, 4) is 16.9 Å². The summed E-state index contributed by atoms with van der Waals surface area (Å²) in [5.41, 5.74) is 2.29. The predicted octanol–water partition coefficient (Wildman–Crippen LogP) is 2.67. The van der Waals surface area contributed by atoms with Gasteiger partial charge in [-0.2, -0.15) is 0 Å². The maximum Gasteiger partial charge on any atom is 0.115 e. The molecule has 2 heteroatoms. The van der Waals surface area contributed by atoms with Crippen LogP contribution in [0.5, 0.6) is 5.75 Å². The van der Waals surface area contributed by atoms with Crippen molar-refractivity contribution >= 4 is 0 Å².